The number of urea groups is 1. The van der Waals surface area contributed by atoms with Crippen molar-refractivity contribution in [2.24, 2.45) is 0 Å². The van der Waals surface area contributed by atoms with Gasteiger partial charge in [-0.25, -0.2) is 28.1 Å². The van der Waals surface area contributed by atoms with Crippen molar-refractivity contribution < 1.29 is 32.6 Å². The first-order chi connectivity index (χ1) is 15.8. The molecule has 1 unspecified atom stereocenters. The van der Waals surface area contributed by atoms with E-state index < -0.39 is 29.9 Å². The number of pyridine rings is 1. The maximum atomic E-state index is 14.9. The Labute approximate surface area is 187 Å². The van der Waals surface area contributed by atoms with Crippen LogP contribution in [-0.4, -0.2) is 74.5 Å². The number of nitrogens with one attached hydrogen (secondary N) is 1. The molecular formula is C21H21F2N5O5. The van der Waals surface area contributed by atoms with Crippen LogP contribution in [0.5, 0.6) is 0 Å². The number of aromatic nitrogens is 1. The van der Waals surface area contributed by atoms with Gasteiger partial charge in [0.05, 0.1) is 25.9 Å². The average Bonchev–Trinajstić information content (AvgIpc) is 3.35. The minimum absolute atomic E-state index is 0.0373. The van der Waals surface area contributed by atoms with Gasteiger partial charge < -0.3 is 19.7 Å². The fourth-order valence-corrected chi connectivity index (χ4v) is 3.63. The number of benzene rings is 1. The van der Waals surface area contributed by atoms with Gasteiger partial charge in [-0.2, -0.15) is 0 Å². The molecule has 2 saturated heterocycles. The van der Waals surface area contributed by atoms with Crippen molar-refractivity contribution in [3.8, 4) is 11.1 Å². The Morgan fingerprint density at radius 2 is 1.97 bits per heavy atom. The third kappa shape index (κ3) is 4.23. The molecule has 0 bridgehead atoms. The number of hydrogen-bond donors (Lipinski definition) is 1. The van der Waals surface area contributed by atoms with Crippen molar-refractivity contribution in [1.29, 1.82) is 0 Å². The second-order valence-corrected chi connectivity index (χ2v) is 7.51. The molecule has 1 atom stereocenters. The van der Waals surface area contributed by atoms with Crippen molar-refractivity contribution in [1.82, 2.24) is 15.2 Å². The summed E-state index contributed by atoms with van der Waals surface area (Å²) in [5.74, 6) is -1.95. The van der Waals surface area contributed by atoms with Gasteiger partial charge in [0.25, 0.3) is 0 Å². The van der Waals surface area contributed by atoms with Crippen molar-refractivity contribution >= 4 is 29.7 Å². The molecule has 4 amide bonds. The number of rotatable bonds is 5. The van der Waals surface area contributed by atoms with E-state index in [2.05, 4.69) is 15.0 Å². The molecule has 0 aliphatic carbocycles. The van der Waals surface area contributed by atoms with Gasteiger partial charge in [-0.1, -0.05) is 0 Å². The highest BCUT2D eigenvalue weighted by molar-refractivity contribution is 5.93. The average molecular weight is 461 g/mol. The fraction of sp³-hybridized carbons (Fsp3) is 0.333. The number of carbonyl (C=O) groups is 3. The first-order valence-electron chi connectivity index (χ1n) is 10.1. The van der Waals surface area contributed by atoms with Gasteiger partial charge in [0.2, 0.25) is 0 Å². The molecular weight excluding hydrogens is 440 g/mol. The number of nitrogens with zero attached hydrogens (tertiary/aromatic N) is 4. The Bertz CT molecular complexity index is 1100. The van der Waals surface area contributed by atoms with Crippen LogP contribution >= 0.6 is 0 Å². The molecule has 2 fully saturated rings. The number of carbonyl (C=O) groups excluding carboxylic acids is 3. The fourth-order valence-electron chi connectivity index (χ4n) is 3.63. The van der Waals surface area contributed by atoms with Gasteiger partial charge in [0, 0.05) is 37.5 Å². The molecule has 10 nitrogen and oxygen atoms in total. The molecule has 4 rings (SSSR count). The van der Waals surface area contributed by atoms with Crippen LogP contribution in [0.15, 0.2) is 30.5 Å². The molecule has 12 heteroatoms. The maximum Gasteiger partial charge on any atom is 0.414 e. The third-order valence-corrected chi connectivity index (χ3v) is 5.44. The van der Waals surface area contributed by atoms with E-state index >= 15 is 0 Å². The summed E-state index contributed by atoms with van der Waals surface area (Å²) in [7, 11) is 2.88. The summed E-state index contributed by atoms with van der Waals surface area (Å²) in [6, 6.07) is 5.54. The summed E-state index contributed by atoms with van der Waals surface area (Å²) in [6.45, 7) is 0.946. The largest absolute Gasteiger partial charge is 0.453 e. The number of halogens is 2. The number of anilines is 2. The van der Waals surface area contributed by atoms with E-state index in [9.17, 15) is 23.2 Å². The summed E-state index contributed by atoms with van der Waals surface area (Å²) >= 11 is 0. The monoisotopic (exact) mass is 461 g/mol. The number of alkyl carbamates (subject to hydrolysis) is 1. The highest BCUT2D eigenvalue weighted by Crippen LogP contribution is 2.33. The molecule has 3 heterocycles. The van der Waals surface area contributed by atoms with E-state index in [0.29, 0.717) is 24.5 Å². The summed E-state index contributed by atoms with van der Waals surface area (Å²) < 4.78 is 39.3. The predicted octanol–water partition coefficient (Wildman–Crippen LogP) is 2.58. The molecule has 1 aromatic carbocycles. The normalized spacial score (nSPS) is 18.1. The van der Waals surface area contributed by atoms with Crippen LogP contribution in [0.3, 0.4) is 0 Å². The van der Waals surface area contributed by atoms with Gasteiger partial charge in [-0.05, 0) is 24.3 Å². The standard InChI is InChI=1S/C21H21F2N5O5/c1-26-7-8-27(20(26)30)16-6-3-12(9-24-16)14-4-5-15(18(23)17(14)22)28-11-13(33-21(28)31)10-25-19(29)32-2/h3-6,9,13H,7-8,10-11H2,1-2H3,(H,25,29). The van der Waals surface area contributed by atoms with Crippen molar-refractivity contribution in [3.63, 3.8) is 0 Å². The number of amides is 4. The number of ether oxygens (including phenoxy) is 2. The van der Waals surface area contributed by atoms with Crippen molar-refractivity contribution in [2.45, 2.75) is 6.10 Å². The highest BCUT2D eigenvalue weighted by atomic mass is 19.2. The third-order valence-electron chi connectivity index (χ3n) is 5.44. The Balaban J connectivity index is 1.51. The molecule has 2 aliphatic heterocycles. The van der Waals surface area contributed by atoms with Crippen molar-refractivity contribution in [2.75, 3.05) is 50.1 Å². The van der Waals surface area contributed by atoms with Gasteiger partial charge in [-0.3, -0.25) is 9.80 Å². The molecule has 1 N–H and O–H groups in total. The van der Waals surface area contributed by atoms with Gasteiger partial charge in [0.1, 0.15) is 11.9 Å². The molecule has 2 aromatic rings. The first kappa shape index (κ1) is 22.2. The summed E-state index contributed by atoms with van der Waals surface area (Å²) in [6.07, 6.45) is -0.949. The zero-order chi connectivity index (χ0) is 23.7. The van der Waals surface area contributed by atoms with Crippen molar-refractivity contribution in [3.05, 3.63) is 42.1 Å². The Morgan fingerprint density at radius 3 is 2.61 bits per heavy atom. The van der Waals surface area contributed by atoms with E-state index in [-0.39, 0.29) is 30.4 Å². The summed E-state index contributed by atoms with van der Waals surface area (Å²) in [5, 5.41) is 2.39. The number of cyclic esters (lactones) is 1. The minimum atomic E-state index is -1.22. The maximum absolute atomic E-state index is 14.9. The van der Waals surface area contributed by atoms with Gasteiger partial charge >= 0.3 is 18.2 Å². The molecule has 0 saturated carbocycles. The van der Waals surface area contributed by atoms with Crippen LogP contribution in [0, 0.1) is 11.6 Å². The Kier molecular flexibility index (Phi) is 5.99. The topological polar surface area (TPSA) is 104 Å². The van der Waals surface area contributed by atoms with E-state index in [0.717, 1.165) is 4.90 Å². The van der Waals surface area contributed by atoms with Crippen LogP contribution in [-0.2, 0) is 9.47 Å². The molecule has 1 aromatic heterocycles. The van der Waals surface area contributed by atoms with Crippen LogP contribution in [0.4, 0.5) is 34.7 Å². The number of hydrogen-bond acceptors (Lipinski definition) is 6. The number of methoxy groups -OCH3 is 1. The van der Waals surface area contributed by atoms with Gasteiger partial charge in [-0.15, -0.1) is 0 Å². The Hall–Kier alpha value is -3.96. The lowest BCUT2D eigenvalue weighted by Gasteiger charge is -2.17. The minimum Gasteiger partial charge on any atom is -0.453 e. The Morgan fingerprint density at radius 1 is 1.18 bits per heavy atom. The summed E-state index contributed by atoms with van der Waals surface area (Å²) in [4.78, 5) is 43.7. The molecule has 2 aliphatic rings. The lowest BCUT2D eigenvalue weighted by molar-refractivity contribution is 0.132. The predicted molar refractivity (Wildman–Crippen MR) is 113 cm³/mol. The van der Waals surface area contributed by atoms with E-state index in [1.165, 1.54) is 30.3 Å². The second kappa shape index (κ2) is 8.88. The van der Waals surface area contributed by atoms with Crippen LogP contribution in [0.1, 0.15) is 0 Å². The molecule has 0 spiro atoms. The molecule has 174 valence electrons. The second-order valence-electron chi connectivity index (χ2n) is 7.51. The highest BCUT2D eigenvalue weighted by Gasteiger charge is 2.35. The quantitative estimate of drug-likeness (QED) is 0.734. The lowest BCUT2D eigenvalue weighted by Crippen LogP contribution is -2.34. The first-order valence-corrected chi connectivity index (χ1v) is 10.1. The van der Waals surface area contributed by atoms with Crippen LogP contribution in [0.25, 0.3) is 11.1 Å². The van der Waals surface area contributed by atoms with E-state index in [1.807, 2.05) is 0 Å². The van der Waals surface area contributed by atoms with E-state index in [4.69, 9.17) is 4.74 Å². The van der Waals surface area contributed by atoms with Gasteiger partial charge in [0.15, 0.2) is 11.6 Å². The lowest BCUT2D eigenvalue weighted by atomic mass is 10.1. The smallest absolute Gasteiger partial charge is 0.414 e. The van der Waals surface area contributed by atoms with E-state index in [1.54, 1.807) is 24.1 Å². The summed E-state index contributed by atoms with van der Waals surface area (Å²) in [5.41, 5.74) is -0.0143. The zero-order valence-corrected chi connectivity index (χ0v) is 17.9. The van der Waals surface area contributed by atoms with Crippen LogP contribution in [0.2, 0.25) is 0 Å². The molecule has 0 radical (unpaired) electrons. The number of likely N-dealkylation sites (N-methyl/N-ethyl adjacent to an activating group) is 1. The van der Waals surface area contributed by atoms with Crippen LogP contribution < -0.4 is 15.1 Å². The molecule has 33 heavy (non-hydrogen) atoms. The zero-order valence-electron chi connectivity index (χ0n) is 17.9. The SMILES string of the molecule is COC(=O)NCC1CN(c2ccc(-c3ccc(N4CCN(C)C4=O)nc3)c(F)c2F)C(=O)O1.